The van der Waals surface area contributed by atoms with Crippen LogP contribution < -0.4 is 5.19 Å². The Morgan fingerprint density at radius 1 is 0.920 bits per heavy atom. The first kappa shape index (κ1) is 16.8. The highest BCUT2D eigenvalue weighted by Crippen LogP contribution is 2.50. The molecule has 2 aromatic carbocycles. The van der Waals surface area contributed by atoms with Crippen LogP contribution in [0.2, 0.25) is 13.1 Å². The Kier molecular flexibility index (Phi) is 4.03. The summed E-state index contributed by atoms with van der Waals surface area (Å²) in [5, 5.41) is 3.37. The van der Waals surface area contributed by atoms with E-state index in [-0.39, 0.29) is 0 Å². The normalized spacial score (nSPS) is 18.1. The van der Waals surface area contributed by atoms with Gasteiger partial charge in [0.2, 0.25) is 0 Å². The Morgan fingerprint density at radius 2 is 1.64 bits per heavy atom. The van der Waals surface area contributed by atoms with Crippen molar-refractivity contribution in [2.24, 2.45) is 0 Å². The molecule has 2 aromatic rings. The van der Waals surface area contributed by atoms with E-state index in [0.717, 1.165) is 0 Å². The molecule has 0 saturated heterocycles. The first-order chi connectivity index (χ1) is 12.0. The summed E-state index contributed by atoms with van der Waals surface area (Å²) in [6.45, 7) is 12.0. The van der Waals surface area contributed by atoms with Crippen LogP contribution in [-0.4, -0.2) is 8.07 Å². The smallest absolute Gasteiger partial charge is 0.0651 e. The van der Waals surface area contributed by atoms with Gasteiger partial charge < -0.3 is 0 Å². The number of hydrogen-bond donors (Lipinski definition) is 0. The Labute approximate surface area is 154 Å². The van der Waals surface area contributed by atoms with Crippen molar-refractivity contribution in [2.45, 2.75) is 59.0 Å². The first-order valence-electron chi connectivity index (χ1n) is 9.85. The summed E-state index contributed by atoms with van der Waals surface area (Å²) in [6.07, 6.45) is 6.13. The predicted octanol–water partition coefficient (Wildman–Crippen LogP) is 6.45. The van der Waals surface area contributed by atoms with Gasteiger partial charge in [-0.3, -0.25) is 0 Å². The van der Waals surface area contributed by atoms with Crippen LogP contribution in [0, 0.1) is 6.42 Å². The second-order valence-corrected chi connectivity index (χ2v) is 12.6. The lowest BCUT2D eigenvalue weighted by Gasteiger charge is -2.22. The van der Waals surface area contributed by atoms with Crippen molar-refractivity contribution in [1.29, 1.82) is 0 Å². The number of rotatable bonds is 5. The Morgan fingerprint density at radius 3 is 2.28 bits per heavy atom. The van der Waals surface area contributed by atoms with Gasteiger partial charge >= 0.3 is 0 Å². The summed E-state index contributed by atoms with van der Waals surface area (Å²) >= 11 is 0. The van der Waals surface area contributed by atoms with Crippen molar-refractivity contribution in [3.8, 4) is 11.1 Å². The molecule has 25 heavy (non-hydrogen) atoms. The van der Waals surface area contributed by atoms with Crippen molar-refractivity contribution in [1.82, 2.24) is 0 Å². The van der Waals surface area contributed by atoms with Crippen molar-refractivity contribution in [3.05, 3.63) is 65.1 Å². The first-order valence-corrected chi connectivity index (χ1v) is 12.9. The molecule has 1 heterocycles. The maximum atomic E-state index is 2.54. The van der Waals surface area contributed by atoms with Crippen LogP contribution in [0.1, 0.15) is 62.6 Å². The highest BCUT2D eigenvalue weighted by molar-refractivity contribution is 7.07. The minimum Gasteiger partial charge on any atom is -0.0651 e. The third-order valence-corrected chi connectivity index (χ3v) is 9.92. The predicted molar refractivity (Wildman–Crippen MR) is 113 cm³/mol. The lowest BCUT2D eigenvalue weighted by Crippen LogP contribution is -2.39. The number of benzene rings is 2. The molecule has 2 bridgehead atoms. The molecule has 129 valence electrons. The second-order valence-electron chi connectivity index (χ2n) is 8.30. The van der Waals surface area contributed by atoms with Gasteiger partial charge in [-0.15, -0.1) is 0 Å². The fraction of sp³-hybridized carbons (Fsp3) is 0.375. The molecule has 1 unspecified atom stereocenters. The minimum absolute atomic E-state index is 0.644. The maximum absolute atomic E-state index is 2.54. The summed E-state index contributed by atoms with van der Waals surface area (Å²) in [5.74, 6) is 0.644. The molecular weight excluding hydrogens is 316 g/mol. The summed E-state index contributed by atoms with van der Waals surface area (Å²) in [4.78, 5) is 0. The lowest BCUT2D eigenvalue weighted by atomic mass is 9.93. The molecule has 1 heteroatoms. The molecule has 1 radical (unpaired) electrons. The van der Waals surface area contributed by atoms with E-state index in [1.807, 2.05) is 0 Å². The number of hydrogen-bond acceptors (Lipinski definition) is 0. The van der Waals surface area contributed by atoms with E-state index >= 15 is 0 Å². The molecule has 1 atom stereocenters. The van der Waals surface area contributed by atoms with Crippen molar-refractivity contribution < 1.29 is 0 Å². The SMILES string of the molecule is CCCC1=C2c3c(ccc(c3-c3ccc(C(C)CC)cc3)[Si]2(C)C)[CH]1. The molecule has 1 aliphatic carbocycles. The van der Waals surface area contributed by atoms with Crippen LogP contribution in [0.4, 0.5) is 0 Å². The molecule has 0 nitrogen and oxygen atoms in total. The van der Waals surface area contributed by atoms with E-state index in [1.54, 1.807) is 27.1 Å². The zero-order valence-corrected chi connectivity index (χ0v) is 17.2. The van der Waals surface area contributed by atoms with Gasteiger partial charge in [-0.2, -0.15) is 0 Å². The molecule has 0 N–H and O–H groups in total. The second kappa shape index (κ2) is 5.98. The zero-order valence-electron chi connectivity index (χ0n) is 16.2. The third-order valence-electron chi connectivity index (χ3n) is 6.34. The van der Waals surface area contributed by atoms with Crippen molar-refractivity contribution >= 4 is 18.5 Å². The van der Waals surface area contributed by atoms with E-state index in [0.29, 0.717) is 5.92 Å². The van der Waals surface area contributed by atoms with Crippen molar-refractivity contribution in [2.75, 3.05) is 0 Å². The summed E-state index contributed by atoms with van der Waals surface area (Å²) in [5.41, 5.74) is 9.08. The van der Waals surface area contributed by atoms with E-state index in [4.69, 9.17) is 0 Å². The molecular formula is C24H29Si. The molecule has 0 saturated carbocycles. The maximum Gasteiger partial charge on any atom is 0.113 e. The monoisotopic (exact) mass is 345 g/mol. The average molecular weight is 346 g/mol. The standard InChI is InChI=1S/C24H29Si/c1-6-8-20-15-19-13-14-21-22(23(19)24(20)25(21,4)5)18-11-9-17(10-12-18)16(3)7-2/h9-16H,6-8H2,1-5H3. The lowest BCUT2D eigenvalue weighted by molar-refractivity contribution is 0.734. The summed E-state index contributed by atoms with van der Waals surface area (Å²) in [7, 11) is -1.56. The average Bonchev–Trinajstić information content (AvgIpc) is 3.06. The van der Waals surface area contributed by atoms with Gasteiger partial charge in [0.25, 0.3) is 0 Å². The Bertz CT molecular complexity index is 852. The van der Waals surface area contributed by atoms with E-state index < -0.39 is 8.07 Å². The van der Waals surface area contributed by atoms with Gasteiger partial charge in [0.05, 0.1) is 0 Å². The highest BCUT2D eigenvalue weighted by Gasteiger charge is 2.45. The van der Waals surface area contributed by atoms with Crippen LogP contribution >= 0.6 is 0 Å². The van der Waals surface area contributed by atoms with E-state index in [9.17, 15) is 0 Å². The van der Waals surface area contributed by atoms with Gasteiger partial charge in [-0.05, 0) is 57.0 Å². The Hall–Kier alpha value is -1.60. The molecule has 0 amide bonds. The quantitative estimate of drug-likeness (QED) is 0.546. The minimum atomic E-state index is -1.56. The van der Waals surface area contributed by atoms with Crippen LogP contribution in [-0.2, 0) is 0 Å². The third kappa shape index (κ3) is 2.39. The molecule has 4 rings (SSSR count). The highest BCUT2D eigenvalue weighted by atomic mass is 28.3. The van der Waals surface area contributed by atoms with E-state index in [2.05, 4.69) is 76.7 Å². The van der Waals surface area contributed by atoms with Gasteiger partial charge in [0.1, 0.15) is 8.07 Å². The van der Waals surface area contributed by atoms with Gasteiger partial charge in [-0.25, -0.2) is 0 Å². The summed E-state index contributed by atoms with van der Waals surface area (Å²) < 4.78 is 0. The fourth-order valence-electron chi connectivity index (χ4n) is 4.78. The van der Waals surface area contributed by atoms with Crippen LogP contribution in [0.25, 0.3) is 16.3 Å². The zero-order chi connectivity index (χ0) is 17.8. The molecule has 0 fully saturated rings. The van der Waals surface area contributed by atoms with Gasteiger partial charge in [0.15, 0.2) is 0 Å². The molecule has 0 aromatic heterocycles. The summed E-state index contributed by atoms with van der Waals surface area (Å²) in [6, 6.07) is 14.2. The fourth-order valence-corrected chi connectivity index (χ4v) is 8.34. The van der Waals surface area contributed by atoms with Crippen molar-refractivity contribution in [3.63, 3.8) is 0 Å². The molecule has 0 spiro atoms. The largest absolute Gasteiger partial charge is 0.113 e. The van der Waals surface area contributed by atoms with Crippen LogP contribution in [0.5, 0.6) is 0 Å². The molecule has 2 aliphatic rings. The van der Waals surface area contributed by atoms with Gasteiger partial charge in [-0.1, -0.05) is 82.3 Å². The number of allylic oxidation sites excluding steroid dienone is 1. The van der Waals surface area contributed by atoms with Crippen LogP contribution in [0.15, 0.2) is 42.0 Å². The molecule has 1 aliphatic heterocycles. The Balaban J connectivity index is 1.87. The number of fused-ring (bicyclic) bond motifs is 1. The van der Waals surface area contributed by atoms with E-state index in [1.165, 1.54) is 36.0 Å². The van der Waals surface area contributed by atoms with Gasteiger partial charge in [0, 0.05) is 6.42 Å². The van der Waals surface area contributed by atoms with Crippen LogP contribution in [0.3, 0.4) is 0 Å². The topological polar surface area (TPSA) is 0 Å².